The molecule has 34 heavy (non-hydrogen) atoms. The van der Waals surface area contributed by atoms with Crippen LogP contribution in [0.3, 0.4) is 0 Å². The highest BCUT2D eigenvalue weighted by Crippen LogP contribution is 2.33. The van der Waals surface area contributed by atoms with Crippen molar-refractivity contribution >= 4 is 16.9 Å². The monoisotopic (exact) mass is 453 g/mol. The fourth-order valence-electron chi connectivity index (χ4n) is 4.07. The van der Waals surface area contributed by atoms with Gasteiger partial charge in [0.2, 0.25) is 0 Å². The van der Waals surface area contributed by atoms with Gasteiger partial charge in [0.25, 0.3) is 0 Å². The summed E-state index contributed by atoms with van der Waals surface area (Å²) in [7, 11) is 0. The molecule has 0 saturated carbocycles. The van der Waals surface area contributed by atoms with Crippen LogP contribution in [0.5, 0.6) is 5.75 Å². The van der Waals surface area contributed by atoms with Gasteiger partial charge in [-0.1, -0.05) is 30.3 Å². The number of benzene rings is 3. The zero-order valence-corrected chi connectivity index (χ0v) is 18.4. The van der Waals surface area contributed by atoms with Crippen LogP contribution in [-0.4, -0.2) is 11.1 Å². The lowest BCUT2D eigenvalue weighted by Gasteiger charge is -2.14. The number of furan rings is 2. The van der Waals surface area contributed by atoms with Crippen LogP contribution in [0.15, 0.2) is 94.4 Å². The summed E-state index contributed by atoms with van der Waals surface area (Å²) in [6.45, 7) is 0.726. The molecule has 6 nitrogen and oxygen atoms in total. The molecule has 0 spiro atoms. The second kappa shape index (κ2) is 9.29. The average Bonchev–Trinajstić information content (AvgIpc) is 3.55. The van der Waals surface area contributed by atoms with Crippen molar-refractivity contribution in [2.24, 2.45) is 5.73 Å². The Hall–Kier alpha value is -4.29. The summed E-state index contributed by atoms with van der Waals surface area (Å²) in [4.78, 5) is 11.4. The van der Waals surface area contributed by atoms with Gasteiger partial charge in [0.05, 0.1) is 25.2 Å². The zero-order chi connectivity index (χ0) is 23.5. The van der Waals surface area contributed by atoms with Gasteiger partial charge in [0.15, 0.2) is 0 Å². The molecule has 0 saturated heterocycles. The molecule has 0 aliphatic rings. The molecule has 0 bridgehead atoms. The summed E-state index contributed by atoms with van der Waals surface area (Å²) < 4.78 is 17.1. The first kappa shape index (κ1) is 21.6. The minimum absolute atomic E-state index is 0.126. The number of fused-ring (bicyclic) bond motifs is 1. The predicted octanol–water partition coefficient (Wildman–Crippen LogP) is 6.02. The first-order chi connectivity index (χ1) is 16.6. The van der Waals surface area contributed by atoms with Crippen LogP contribution in [0, 0.1) is 0 Å². The molecule has 0 fully saturated rings. The molecule has 0 amide bonds. The molecule has 0 atom stereocenters. The molecule has 2 aromatic heterocycles. The topological polar surface area (TPSA) is 98.8 Å². The Morgan fingerprint density at radius 1 is 0.912 bits per heavy atom. The molecular formula is C28H23NO5. The van der Waals surface area contributed by atoms with Crippen LogP contribution in [0.25, 0.3) is 33.2 Å². The lowest BCUT2D eigenvalue weighted by atomic mass is 9.99. The Morgan fingerprint density at radius 2 is 1.82 bits per heavy atom. The van der Waals surface area contributed by atoms with Crippen LogP contribution in [0.2, 0.25) is 0 Å². The highest BCUT2D eigenvalue weighted by Gasteiger charge is 2.14. The van der Waals surface area contributed by atoms with Crippen LogP contribution in [-0.2, 0) is 24.4 Å². The predicted molar refractivity (Wildman–Crippen MR) is 129 cm³/mol. The fourth-order valence-corrected chi connectivity index (χ4v) is 4.07. The van der Waals surface area contributed by atoms with Crippen LogP contribution >= 0.6 is 0 Å². The van der Waals surface area contributed by atoms with E-state index in [1.807, 2.05) is 54.6 Å². The number of ether oxygens (including phenoxy) is 1. The number of carboxylic acid groups (broad SMARTS) is 1. The second-order valence-corrected chi connectivity index (χ2v) is 8.08. The molecule has 170 valence electrons. The lowest BCUT2D eigenvalue weighted by molar-refractivity contribution is -0.136. The molecular weight excluding hydrogens is 430 g/mol. The number of carbonyl (C=O) groups is 1. The molecule has 3 aromatic carbocycles. The van der Waals surface area contributed by atoms with Gasteiger partial charge in [0.1, 0.15) is 17.9 Å². The summed E-state index contributed by atoms with van der Waals surface area (Å²) in [5.74, 6) is -0.386. The smallest absolute Gasteiger partial charge is 0.307 e. The van der Waals surface area contributed by atoms with Gasteiger partial charge in [-0.05, 0) is 58.7 Å². The standard InChI is InChI=1S/C28H23NO5/c29-15-18-2-1-3-21(10-18)25-12-19(11-23-7-9-33-28(23)25)16-34-26-13-20(24-6-8-32-17-24)4-5-22(26)14-27(30)31/h1-13,17H,14-16,29H2,(H,30,31). The lowest BCUT2D eigenvalue weighted by Crippen LogP contribution is -2.04. The number of hydrogen-bond donors (Lipinski definition) is 2. The Balaban J connectivity index is 1.49. The fraction of sp³-hybridized carbons (Fsp3) is 0.107. The van der Waals surface area contributed by atoms with Crippen LogP contribution < -0.4 is 10.5 Å². The van der Waals surface area contributed by atoms with Crippen molar-refractivity contribution in [1.29, 1.82) is 0 Å². The molecule has 0 aliphatic heterocycles. The molecule has 0 unspecified atom stereocenters. The van der Waals surface area contributed by atoms with Gasteiger partial charge in [0, 0.05) is 28.6 Å². The Morgan fingerprint density at radius 3 is 2.62 bits per heavy atom. The molecule has 2 heterocycles. The zero-order valence-electron chi connectivity index (χ0n) is 18.4. The van der Waals surface area contributed by atoms with E-state index < -0.39 is 5.97 Å². The largest absolute Gasteiger partial charge is 0.489 e. The number of rotatable bonds is 8. The maximum absolute atomic E-state index is 11.4. The van der Waals surface area contributed by atoms with Crippen molar-refractivity contribution in [1.82, 2.24) is 0 Å². The van der Waals surface area contributed by atoms with E-state index in [4.69, 9.17) is 19.3 Å². The maximum atomic E-state index is 11.4. The summed E-state index contributed by atoms with van der Waals surface area (Å²) in [6, 6.07) is 21.4. The third kappa shape index (κ3) is 4.44. The van der Waals surface area contributed by atoms with Gasteiger partial charge in [-0.2, -0.15) is 0 Å². The van der Waals surface area contributed by atoms with Crippen molar-refractivity contribution < 1.29 is 23.5 Å². The van der Waals surface area contributed by atoms with E-state index in [0.29, 0.717) is 17.9 Å². The first-order valence-electron chi connectivity index (χ1n) is 10.9. The third-order valence-corrected chi connectivity index (χ3v) is 5.74. The number of nitrogens with two attached hydrogens (primary N) is 1. The maximum Gasteiger partial charge on any atom is 0.307 e. The quantitative estimate of drug-likeness (QED) is 0.298. The summed E-state index contributed by atoms with van der Waals surface area (Å²) in [6.07, 6.45) is 4.79. The normalized spacial score (nSPS) is 11.1. The number of hydrogen-bond acceptors (Lipinski definition) is 5. The number of carboxylic acids is 1. The van der Waals surface area contributed by atoms with E-state index >= 15 is 0 Å². The van der Waals surface area contributed by atoms with E-state index in [1.165, 1.54) is 0 Å². The van der Waals surface area contributed by atoms with Gasteiger partial charge in [-0.15, -0.1) is 0 Å². The minimum Gasteiger partial charge on any atom is -0.489 e. The molecule has 3 N–H and O–H groups in total. The minimum atomic E-state index is -0.914. The molecule has 0 aliphatic carbocycles. The van der Waals surface area contributed by atoms with Crippen LogP contribution in [0.1, 0.15) is 16.7 Å². The Labute approximate surface area is 196 Å². The highest BCUT2D eigenvalue weighted by atomic mass is 16.5. The van der Waals surface area contributed by atoms with Crippen LogP contribution in [0.4, 0.5) is 0 Å². The molecule has 6 heteroatoms. The van der Waals surface area contributed by atoms with E-state index in [1.54, 1.807) is 24.9 Å². The van der Waals surface area contributed by atoms with Gasteiger partial charge in [-0.25, -0.2) is 0 Å². The Bertz CT molecular complexity index is 1450. The molecule has 5 rings (SSSR count). The van der Waals surface area contributed by atoms with Crippen molar-refractivity contribution in [3.63, 3.8) is 0 Å². The van der Waals surface area contributed by atoms with E-state index in [-0.39, 0.29) is 13.0 Å². The first-order valence-corrected chi connectivity index (χ1v) is 10.9. The van der Waals surface area contributed by atoms with Gasteiger partial charge in [-0.3, -0.25) is 4.79 Å². The molecule has 0 radical (unpaired) electrons. The number of aliphatic carboxylic acids is 1. The van der Waals surface area contributed by atoms with E-state index in [9.17, 15) is 9.90 Å². The van der Waals surface area contributed by atoms with Crippen molar-refractivity contribution in [3.05, 3.63) is 102 Å². The SMILES string of the molecule is NCc1cccc(-c2cc(COc3cc(-c4ccoc4)ccc3CC(=O)O)cc3ccoc23)c1. The molecule has 5 aromatic rings. The second-order valence-electron chi connectivity index (χ2n) is 8.08. The summed E-state index contributed by atoms with van der Waals surface area (Å²) >= 11 is 0. The average molecular weight is 453 g/mol. The van der Waals surface area contributed by atoms with E-state index in [2.05, 4.69) is 6.07 Å². The van der Waals surface area contributed by atoms with Gasteiger partial charge < -0.3 is 24.4 Å². The Kier molecular flexibility index (Phi) is 5.89. The van der Waals surface area contributed by atoms with Crippen molar-refractivity contribution in [3.8, 4) is 28.0 Å². The van der Waals surface area contributed by atoms with Gasteiger partial charge >= 0.3 is 5.97 Å². The summed E-state index contributed by atoms with van der Waals surface area (Å²) in [5, 5.41) is 10.3. The van der Waals surface area contributed by atoms with E-state index in [0.717, 1.165) is 44.3 Å². The third-order valence-electron chi connectivity index (χ3n) is 5.74. The summed E-state index contributed by atoms with van der Waals surface area (Å²) in [5.41, 5.74) is 13.0. The van der Waals surface area contributed by atoms with Crippen molar-refractivity contribution in [2.45, 2.75) is 19.6 Å². The highest BCUT2D eigenvalue weighted by molar-refractivity contribution is 5.93. The van der Waals surface area contributed by atoms with Crippen molar-refractivity contribution in [2.75, 3.05) is 0 Å².